The van der Waals surface area contributed by atoms with Crippen molar-refractivity contribution in [2.75, 3.05) is 24.5 Å². The molecule has 4 heterocycles. The molecule has 0 unspecified atom stereocenters. The number of piperidine rings is 1. The number of alkyl halides is 6. The van der Waals surface area contributed by atoms with Crippen LogP contribution in [0.3, 0.4) is 0 Å². The van der Waals surface area contributed by atoms with Crippen molar-refractivity contribution >= 4 is 22.5 Å². The molecule has 2 aliphatic rings. The smallest absolute Gasteiger partial charge is 0.370 e. The first-order valence-corrected chi connectivity index (χ1v) is 11.4. The summed E-state index contributed by atoms with van der Waals surface area (Å²) < 4.78 is 79.6. The van der Waals surface area contributed by atoms with Gasteiger partial charge in [-0.2, -0.15) is 31.6 Å². The number of rotatable bonds is 2. The molecule has 2 aromatic heterocycles. The second kappa shape index (κ2) is 8.89. The van der Waals surface area contributed by atoms with E-state index in [2.05, 4.69) is 15.2 Å². The van der Waals surface area contributed by atoms with Gasteiger partial charge in [-0.25, -0.2) is 0 Å². The number of hydrogen-bond acceptors (Lipinski definition) is 6. The number of fused-ring (bicyclic) bond motifs is 2. The summed E-state index contributed by atoms with van der Waals surface area (Å²) in [7, 11) is 0. The van der Waals surface area contributed by atoms with Gasteiger partial charge in [0.25, 0.3) is 0 Å². The van der Waals surface area contributed by atoms with Gasteiger partial charge in [-0.05, 0) is 25.0 Å². The summed E-state index contributed by atoms with van der Waals surface area (Å²) in [6, 6.07) is 5.23. The molecule has 0 N–H and O–H groups in total. The number of amides is 1. The molecule has 2 aliphatic heterocycles. The van der Waals surface area contributed by atoms with Gasteiger partial charge < -0.3 is 14.4 Å². The highest BCUT2D eigenvalue weighted by molar-refractivity contribution is 5.95. The number of aromatic nitrogens is 4. The Kier molecular flexibility index (Phi) is 5.96. The first-order valence-electron chi connectivity index (χ1n) is 11.4. The third-order valence-electron chi connectivity index (χ3n) is 6.77. The third-order valence-corrected chi connectivity index (χ3v) is 6.77. The number of carbonyl (C=O) groups is 1. The Morgan fingerprint density at radius 2 is 1.73 bits per heavy atom. The fourth-order valence-electron chi connectivity index (χ4n) is 4.94. The summed E-state index contributed by atoms with van der Waals surface area (Å²) >= 11 is 0. The van der Waals surface area contributed by atoms with Gasteiger partial charge in [0.1, 0.15) is 6.07 Å². The van der Waals surface area contributed by atoms with Crippen LogP contribution in [0.4, 0.5) is 32.0 Å². The van der Waals surface area contributed by atoms with Crippen molar-refractivity contribution in [3.05, 3.63) is 47.2 Å². The number of pyridine rings is 1. The molecule has 1 amide bonds. The normalized spacial score (nSPS) is 17.1. The molecule has 0 atom stereocenters. The van der Waals surface area contributed by atoms with Crippen LogP contribution in [0.5, 0.6) is 0 Å². The Hall–Kier alpha value is -3.89. The average Bonchev–Trinajstić information content (AvgIpc) is 3.31. The molecule has 0 radical (unpaired) electrons. The van der Waals surface area contributed by atoms with Crippen molar-refractivity contribution in [1.29, 1.82) is 5.26 Å². The number of nitrogens with zero attached hydrogens (tertiary/aromatic N) is 7. The van der Waals surface area contributed by atoms with E-state index in [1.54, 1.807) is 0 Å². The van der Waals surface area contributed by atoms with Gasteiger partial charge in [-0.15, -0.1) is 10.2 Å². The molecule has 0 aliphatic carbocycles. The van der Waals surface area contributed by atoms with Crippen LogP contribution in [0.1, 0.15) is 35.6 Å². The van der Waals surface area contributed by atoms with Gasteiger partial charge in [0.05, 0.1) is 28.9 Å². The molecular formula is C23H19F6N7O. The summed E-state index contributed by atoms with van der Waals surface area (Å²) in [4.78, 5) is 20.5. The maximum absolute atomic E-state index is 13.1. The van der Waals surface area contributed by atoms with Crippen molar-refractivity contribution in [3.63, 3.8) is 0 Å². The summed E-state index contributed by atoms with van der Waals surface area (Å²) in [5.41, 5.74) is -0.0457. The Morgan fingerprint density at radius 3 is 2.38 bits per heavy atom. The third kappa shape index (κ3) is 4.54. The zero-order chi connectivity index (χ0) is 26.5. The highest BCUT2D eigenvalue weighted by atomic mass is 19.4. The van der Waals surface area contributed by atoms with Gasteiger partial charge in [0.2, 0.25) is 11.7 Å². The second-order valence-electron chi connectivity index (χ2n) is 8.97. The Balaban J connectivity index is 1.31. The Labute approximate surface area is 206 Å². The number of hydrogen-bond donors (Lipinski definition) is 0. The summed E-state index contributed by atoms with van der Waals surface area (Å²) in [6.07, 6.45) is -7.10. The molecule has 0 saturated carbocycles. The van der Waals surface area contributed by atoms with Crippen LogP contribution in [0.15, 0.2) is 24.4 Å². The minimum Gasteiger partial charge on any atom is -0.370 e. The van der Waals surface area contributed by atoms with Crippen LogP contribution < -0.4 is 4.90 Å². The van der Waals surface area contributed by atoms with Gasteiger partial charge in [0, 0.05) is 43.7 Å². The zero-order valence-corrected chi connectivity index (χ0v) is 19.1. The van der Waals surface area contributed by atoms with E-state index in [4.69, 9.17) is 0 Å². The van der Waals surface area contributed by atoms with Crippen molar-refractivity contribution in [1.82, 2.24) is 24.6 Å². The predicted octanol–water partition coefficient (Wildman–Crippen LogP) is 3.99. The highest BCUT2D eigenvalue weighted by Gasteiger charge is 2.40. The molecule has 1 aromatic carbocycles. The minimum atomic E-state index is -4.63. The molecule has 0 spiro atoms. The maximum atomic E-state index is 13.1. The number of carbonyl (C=O) groups excluding carboxylic acids is 1. The lowest BCUT2D eigenvalue weighted by atomic mass is 9.93. The van der Waals surface area contributed by atoms with E-state index in [-0.39, 0.29) is 48.4 Å². The second-order valence-corrected chi connectivity index (χ2v) is 8.97. The maximum Gasteiger partial charge on any atom is 0.451 e. The predicted molar refractivity (Wildman–Crippen MR) is 117 cm³/mol. The molecule has 1 fully saturated rings. The Morgan fingerprint density at radius 1 is 1.00 bits per heavy atom. The molecule has 0 bridgehead atoms. The Bertz CT molecular complexity index is 1400. The van der Waals surface area contributed by atoms with Crippen molar-refractivity contribution in [2.24, 2.45) is 5.92 Å². The molecule has 3 aromatic rings. The average molecular weight is 523 g/mol. The zero-order valence-electron chi connectivity index (χ0n) is 19.1. The molecule has 5 rings (SSSR count). The van der Waals surface area contributed by atoms with E-state index in [1.807, 2.05) is 11.0 Å². The van der Waals surface area contributed by atoms with Crippen LogP contribution in [0.25, 0.3) is 10.9 Å². The summed E-state index contributed by atoms with van der Waals surface area (Å²) in [6.45, 7) is 0.705. The highest BCUT2D eigenvalue weighted by Crippen LogP contribution is 2.37. The van der Waals surface area contributed by atoms with Crippen LogP contribution >= 0.6 is 0 Å². The van der Waals surface area contributed by atoms with Gasteiger partial charge in [-0.1, -0.05) is 6.07 Å². The van der Waals surface area contributed by atoms with Crippen molar-refractivity contribution in [2.45, 2.75) is 38.3 Å². The van der Waals surface area contributed by atoms with Gasteiger partial charge in [0.15, 0.2) is 5.82 Å². The largest absolute Gasteiger partial charge is 0.451 e. The first-order chi connectivity index (χ1) is 17.5. The standard InChI is InChI=1S/C23H19F6N7O/c24-22(25,26)15-1-2-16-17(9-15)31-11-14(10-30)19(16)34-5-3-13(4-6-34)20(37)35-7-8-36-18(12-35)32-33-21(36)23(27,28)29/h1-2,9,11,13H,3-8,12H2. The van der Waals surface area contributed by atoms with Crippen LogP contribution in [0.2, 0.25) is 0 Å². The quantitative estimate of drug-likeness (QED) is 0.472. The molecule has 14 heteroatoms. The van der Waals surface area contributed by atoms with Gasteiger partial charge in [-0.3, -0.25) is 9.78 Å². The number of anilines is 1. The lowest BCUT2D eigenvalue weighted by molar-refractivity contribution is -0.148. The first kappa shape index (κ1) is 24.8. The topological polar surface area (TPSA) is 90.9 Å². The van der Waals surface area contributed by atoms with Crippen LogP contribution in [-0.4, -0.2) is 50.2 Å². The van der Waals surface area contributed by atoms with E-state index in [9.17, 15) is 36.4 Å². The SMILES string of the molecule is N#Cc1cnc2cc(C(F)(F)F)ccc2c1N1CCC(C(=O)N2CCn3c(nnc3C(F)(F)F)C2)CC1. The van der Waals surface area contributed by atoms with Crippen LogP contribution in [0, 0.1) is 17.2 Å². The lowest BCUT2D eigenvalue weighted by Gasteiger charge is -2.37. The fourth-order valence-corrected chi connectivity index (χ4v) is 4.94. The summed E-state index contributed by atoms with van der Waals surface area (Å²) in [5, 5.41) is 16.8. The number of benzene rings is 1. The van der Waals surface area contributed by atoms with Crippen molar-refractivity contribution < 1.29 is 31.1 Å². The number of nitriles is 1. The van der Waals surface area contributed by atoms with E-state index in [0.717, 1.165) is 16.7 Å². The number of halogens is 6. The van der Waals surface area contributed by atoms with E-state index >= 15 is 0 Å². The van der Waals surface area contributed by atoms with Crippen LogP contribution in [-0.2, 0) is 30.2 Å². The lowest BCUT2D eigenvalue weighted by Crippen LogP contribution is -2.45. The van der Waals surface area contributed by atoms with E-state index in [0.29, 0.717) is 37.0 Å². The minimum absolute atomic E-state index is 0.0593. The van der Waals surface area contributed by atoms with E-state index in [1.165, 1.54) is 17.2 Å². The molecule has 8 nitrogen and oxygen atoms in total. The van der Waals surface area contributed by atoms with Crippen molar-refractivity contribution in [3.8, 4) is 6.07 Å². The molecule has 194 valence electrons. The molecule has 37 heavy (non-hydrogen) atoms. The molecule has 1 saturated heterocycles. The van der Waals surface area contributed by atoms with E-state index < -0.39 is 23.7 Å². The monoisotopic (exact) mass is 523 g/mol. The van der Waals surface area contributed by atoms with Gasteiger partial charge >= 0.3 is 12.4 Å². The molecular weight excluding hydrogens is 504 g/mol. The summed E-state index contributed by atoms with van der Waals surface area (Å²) in [5.74, 6) is -1.59. The fraction of sp³-hybridized carbons (Fsp3) is 0.435.